The number of carbonyl (C=O) groups excluding carboxylic acids is 2. The van der Waals surface area contributed by atoms with E-state index in [1.807, 2.05) is 13.8 Å². The van der Waals surface area contributed by atoms with Crippen LogP contribution in [-0.2, 0) is 9.59 Å². The molecular weight excluding hydrogens is 218 g/mol. The van der Waals surface area contributed by atoms with E-state index in [1.165, 1.54) is 0 Å². The van der Waals surface area contributed by atoms with E-state index in [4.69, 9.17) is 5.11 Å². The molecule has 0 spiro atoms. The minimum Gasteiger partial charge on any atom is -0.508 e. The van der Waals surface area contributed by atoms with Crippen molar-refractivity contribution in [3.05, 3.63) is 29.8 Å². The van der Waals surface area contributed by atoms with Crippen molar-refractivity contribution in [1.29, 1.82) is 0 Å². The molecule has 0 saturated carbocycles. The summed E-state index contributed by atoms with van der Waals surface area (Å²) in [5, 5.41) is 11.4. The van der Waals surface area contributed by atoms with Crippen LogP contribution in [0.5, 0.6) is 5.75 Å². The summed E-state index contributed by atoms with van der Waals surface area (Å²) >= 11 is 0. The number of carbonyl (C=O) groups is 2. The van der Waals surface area contributed by atoms with Crippen LogP contribution in [0.15, 0.2) is 24.3 Å². The Kier molecular flexibility index (Phi) is 4.69. The number of imide groups is 1. The number of piperidine rings is 1. The Morgan fingerprint density at radius 3 is 2.29 bits per heavy atom. The van der Waals surface area contributed by atoms with Gasteiger partial charge in [0.1, 0.15) is 5.75 Å². The van der Waals surface area contributed by atoms with Gasteiger partial charge in [0.05, 0.1) is 5.92 Å². The van der Waals surface area contributed by atoms with Crippen molar-refractivity contribution < 1.29 is 14.7 Å². The van der Waals surface area contributed by atoms with Gasteiger partial charge in [-0.15, -0.1) is 0 Å². The maximum atomic E-state index is 11.5. The van der Waals surface area contributed by atoms with E-state index in [1.54, 1.807) is 24.3 Å². The summed E-state index contributed by atoms with van der Waals surface area (Å²) < 4.78 is 0. The van der Waals surface area contributed by atoms with Crippen LogP contribution in [0.3, 0.4) is 0 Å². The highest BCUT2D eigenvalue weighted by Gasteiger charge is 2.27. The third kappa shape index (κ3) is 3.31. The van der Waals surface area contributed by atoms with Crippen molar-refractivity contribution in [1.82, 2.24) is 5.32 Å². The van der Waals surface area contributed by atoms with E-state index in [0.29, 0.717) is 12.8 Å². The number of phenols is 1. The van der Waals surface area contributed by atoms with Crippen LogP contribution in [0.25, 0.3) is 0 Å². The van der Waals surface area contributed by atoms with Gasteiger partial charge in [-0.05, 0) is 24.1 Å². The quantitative estimate of drug-likeness (QED) is 0.731. The number of hydrogen-bond acceptors (Lipinski definition) is 3. The van der Waals surface area contributed by atoms with E-state index in [0.717, 1.165) is 5.56 Å². The summed E-state index contributed by atoms with van der Waals surface area (Å²) in [5.41, 5.74) is 0.831. The first-order valence-electron chi connectivity index (χ1n) is 5.79. The Labute approximate surface area is 101 Å². The van der Waals surface area contributed by atoms with Gasteiger partial charge < -0.3 is 5.11 Å². The molecule has 17 heavy (non-hydrogen) atoms. The van der Waals surface area contributed by atoms with Gasteiger partial charge in [0, 0.05) is 6.42 Å². The molecule has 1 aromatic carbocycles. The van der Waals surface area contributed by atoms with Gasteiger partial charge in [-0.1, -0.05) is 26.0 Å². The van der Waals surface area contributed by atoms with Crippen LogP contribution in [0, 0.1) is 0 Å². The Morgan fingerprint density at radius 2 is 1.76 bits per heavy atom. The van der Waals surface area contributed by atoms with Crippen molar-refractivity contribution in [3.8, 4) is 5.75 Å². The van der Waals surface area contributed by atoms with Crippen molar-refractivity contribution >= 4 is 11.8 Å². The Morgan fingerprint density at radius 1 is 1.18 bits per heavy atom. The highest BCUT2D eigenvalue weighted by atomic mass is 16.3. The summed E-state index contributed by atoms with van der Waals surface area (Å²) in [6.07, 6.45) is 0.909. The SMILES string of the molecule is CC.O=C1CCC(c2ccc(O)cc2)C(=O)N1. The summed E-state index contributed by atoms with van der Waals surface area (Å²) in [6, 6.07) is 6.49. The van der Waals surface area contributed by atoms with E-state index in [-0.39, 0.29) is 23.5 Å². The number of aromatic hydroxyl groups is 1. The lowest BCUT2D eigenvalue weighted by Gasteiger charge is -2.20. The number of benzene rings is 1. The fourth-order valence-corrected chi connectivity index (χ4v) is 1.72. The molecule has 1 unspecified atom stereocenters. The molecule has 92 valence electrons. The number of phenolic OH excluding ortho intramolecular Hbond substituents is 1. The van der Waals surface area contributed by atoms with Crippen LogP contribution in [0.4, 0.5) is 0 Å². The summed E-state index contributed by atoms with van der Waals surface area (Å²) in [5.74, 6) is -0.568. The Hall–Kier alpha value is -1.84. The molecule has 0 aliphatic carbocycles. The molecule has 4 heteroatoms. The molecule has 1 atom stereocenters. The number of rotatable bonds is 1. The molecule has 1 aliphatic rings. The molecule has 2 amide bonds. The largest absolute Gasteiger partial charge is 0.508 e. The molecule has 4 nitrogen and oxygen atoms in total. The Bertz CT molecular complexity index is 398. The van der Waals surface area contributed by atoms with Gasteiger partial charge in [0.15, 0.2) is 0 Å². The number of hydrogen-bond donors (Lipinski definition) is 2. The molecule has 0 radical (unpaired) electrons. The van der Waals surface area contributed by atoms with Crippen LogP contribution >= 0.6 is 0 Å². The molecule has 1 fully saturated rings. The fourth-order valence-electron chi connectivity index (χ4n) is 1.72. The average Bonchev–Trinajstić information content (AvgIpc) is 2.33. The lowest BCUT2D eigenvalue weighted by atomic mass is 9.90. The molecule has 1 heterocycles. The minimum absolute atomic E-state index is 0.172. The van der Waals surface area contributed by atoms with Gasteiger partial charge >= 0.3 is 0 Å². The third-order valence-corrected chi connectivity index (χ3v) is 2.53. The smallest absolute Gasteiger partial charge is 0.234 e. The zero-order valence-corrected chi connectivity index (χ0v) is 10.1. The van der Waals surface area contributed by atoms with Crippen molar-refractivity contribution in [3.63, 3.8) is 0 Å². The molecule has 0 aromatic heterocycles. The maximum Gasteiger partial charge on any atom is 0.234 e. The third-order valence-electron chi connectivity index (χ3n) is 2.53. The number of nitrogens with one attached hydrogen (secondary N) is 1. The molecule has 1 saturated heterocycles. The maximum absolute atomic E-state index is 11.5. The first-order valence-corrected chi connectivity index (χ1v) is 5.79. The predicted molar refractivity (Wildman–Crippen MR) is 64.6 cm³/mol. The summed E-state index contributed by atoms with van der Waals surface area (Å²) in [6.45, 7) is 4.00. The first kappa shape index (κ1) is 13.2. The normalized spacial score (nSPS) is 19.1. The Balaban J connectivity index is 0.000000686. The van der Waals surface area contributed by atoms with E-state index in [9.17, 15) is 9.59 Å². The minimum atomic E-state index is -0.275. The fraction of sp³-hybridized carbons (Fsp3) is 0.385. The van der Waals surface area contributed by atoms with Crippen LogP contribution in [-0.4, -0.2) is 16.9 Å². The van der Waals surface area contributed by atoms with Crippen molar-refractivity contribution in [2.75, 3.05) is 0 Å². The van der Waals surface area contributed by atoms with Gasteiger partial charge in [0.25, 0.3) is 0 Å². The van der Waals surface area contributed by atoms with E-state index < -0.39 is 0 Å². The van der Waals surface area contributed by atoms with Crippen LogP contribution in [0.1, 0.15) is 38.2 Å². The van der Waals surface area contributed by atoms with Crippen LogP contribution < -0.4 is 5.32 Å². The predicted octanol–water partition coefficient (Wildman–Crippen LogP) is 1.94. The second-order valence-corrected chi connectivity index (χ2v) is 3.60. The first-order chi connectivity index (χ1) is 8.16. The summed E-state index contributed by atoms with van der Waals surface area (Å²) in [7, 11) is 0. The zero-order valence-electron chi connectivity index (χ0n) is 10.1. The topological polar surface area (TPSA) is 66.4 Å². The van der Waals surface area contributed by atoms with Gasteiger partial charge in [-0.2, -0.15) is 0 Å². The lowest BCUT2D eigenvalue weighted by Crippen LogP contribution is -2.39. The van der Waals surface area contributed by atoms with Crippen molar-refractivity contribution in [2.24, 2.45) is 0 Å². The van der Waals surface area contributed by atoms with Crippen LogP contribution in [0.2, 0.25) is 0 Å². The standard InChI is InChI=1S/C11H11NO3.C2H6/c13-8-3-1-7(2-4-8)9-5-6-10(14)12-11(9)15;1-2/h1-4,9,13H,5-6H2,(H,12,14,15);1-2H3. The van der Waals surface area contributed by atoms with Gasteiger partial charge in [0.2, 0.25) is 11.8 Å². The van der Waals surface area contributed by atoms with E-state index in [2.05, 4.69) is 5.32 Å². The lowest BCUT2D eigenvalue weighted by molar-refractivity contribution is -0.134. The van der Waals surface area contributed by atoms with Crippen molar-refractivity contribution in [2.45, 2.75) is 32.6 Å². The van der Waals surface area contributed by atoms with Gasteiger partial charge in [-0.25, -0.2) is 0 Å². The molecule has 1 aliphatic heterocycles. The zero-order chi connectivity index (χ0) is 12.8. The monoisotopic (exact) mass is 235 g/mol. The molecule has 2 rings (SSSR count). The second kappa shape index (κ2) is 6.03. The highest BCUT2D eigenvalue weighted by molar-refractivity contribution is 6.00. The highest BCUT2D eigenvalue weighted by Crippen LogP contribution is 2.25. The van der Waals surface area contributed by atoms with E-state index >= 15 is 0 Å². The molecule has 0 bridgehead atoms. The average molecular weight is 235 g/mol. The second-order valence-electron chi connectivity index (χ2n) is 3.60. The van der Waals surface area contributed by atoms with Gasteiger partial charge in [-0.3, -0.25) is 14.9 Å². The molecule has 1 aromatic rings. The summed E-state index contributed by atoms with van der Waals surface area (Å²) in [4.78, 5) is 22.4. The molecular formula is C13H17NO3. The molecule has 2 N–H and O–H groups in total. The number of amides is 2.